The number of nitrogen functional groups attached to an aromatic ring is 1. The van der Waals surface area contributed by atoms with Crippen molar-refractivity contribution in [3.05, 3.63) is 33.7 Å². The van der Waals surface area contributed by atoms with E-state index in [1.165, 1.54) is 12.1 Å². The van der Waals surface area contributed by atoms with Gasteiger partial charge in [0.25, 0.3) is 21.9 Å². The molecule has 0 bridgehead atoms. The Balaban J connectivity index is 1.46. The molecule has 0 saturated carbocycles. The first-order valence-corrected chi connectivity index (χ1v) is 14.5. The second-order valence-corrected chi connectivity index (χ2v) is 11.5. The van der Waals surface area contributed by atoms with Crippen LogP contribution in [0.1, 0.15) is 55.6 Å². The molecule has 1 saturated heterocycles. The Hall–Kier alpha value is -3.55. The molecule has 1 aliphatic carbocycles. The number of hydrogen-bond acceptors (Lipinski definition) is 14. The number of nitrogens with zero attached hydrogens (tertiary/aromatic N) is 1. The maximum atomic E-state index is 12.8. The van der Waals surface area contributed by atoms with Crippen LogP contribution >= 0.6 is 12.0 Å². The first-order valence-electron chi connectivity index (χ1n) is 12.2. The van der Waals surface area contributed by atoms with Crippen molar-refractivity contribution in [3.63, 3.8) is 0 Å². The number of nitrogens with two attached hydrogens (primary N) is 1. The van der Waals surface area contributed by atoms with Crippen molar-refractivity contribution in [3.8, 4) is 0 Å². The molecule has 2 aromatic rings. The van der Waals surface area contributed by atoms with Gasteiger partial charge < -0.3 is 20.3 Å². The third-order valence-corrected chi connectivity index (χ3v) is 8.46. The van der Waals surface area contributed by atoms with Crippen molar-refractivity contribution < 1.29 is 56.0 Å². The van der Waals surface area contributed by atoms with Crippen molar-refractivity contribution in [1.29, 1.82) is 0 Å². The summed E-state index contributed by atoms with van der Waals surface area (Å²) in [5.74, 6) is -3.11. The Bertz CT molecular complexity index is 1540. The summed E-state index contributed by atoms with van der Waals surface area (Å²) in [6, 6.07) is 2.68. The Morgan fingerprint density at radius 2 is 1.90 bits per heavy atom. The molecule has 1 aromatic carbocycles. The largest absolute Gasteiger partial charge is 0.421 e. The van der Waals surface area contributed by atoms with Gasteiger partial charge in [0.05, 0.1) is 10.9 Å². The number of hydrogen-bond donors (Lipinski definition) is 4. The highest BCUT2D eigenvalue weighted by Gasteiger charge is 2.38. The van der Waals surface area contributed by atoms with Gasteiger partial charge in [-0.3, -0.25) is 18.9 Å². The van der Waals surface area contributed by atoms with Gasteiger partial charge in [-0.1, -0.05) is 5.04 Å². The number of fused-ring (bicyclic) bond motifs is 3. The van der Waals surface area contributed by atoms with E-state index in [4.69, 9.17) is 20.2 Å². The second kappa shape index (κ2) is 12.5. The van der Waals surface area contributed by atoms with E-state index in [0.29, 0.717) is 29.1 Å². The quantitative estimate of drug-likeness (QED) is 0.0380. The van der Waals surface area contributed by atoms with Gasteiger partial charge in [0, 0.05) is 61.1 Å². The van der Waals surface area contributed by atoms with Crippen molar-refractivity contribution in [2.45, 2.75) is 61.0 Å². The number of rotatable bonds is 12. The first-order chi connectivity index (χ1) is 19.4. The molecule has 0 spiro atoms. The predicted octanol–water partition coefficient (Wildman–Crippen LogP) is 0.983. The van der Waals surface area contributed by atoms with E-state index >= 15 is 0 Å². The Morgan fingerprint density at radius 1 is 1.20 bits per heavy atom. The molecule has 2 unspecified atom stereocenters. The minimum absolute atomic E-state index is 0.0334. The molecular weight excluding hydrogens is 590 g/mol. The Morgan fingerprint density at radius 3 is 2.56 bits per heavy atom. The molecule has 1 aliphatic heterocycles. The van der Waals surface area contributed by atoms with Crippen LogP contribution in [0.15, 0.2) is 26.2 Å². The summed E-state index contributed by atoms with van der Waals surface area (Å²) >= 11 is 0.599. The summed E-state index contributed by atoms with van der Waals surface area (Å²) in [5.41, 5.74) is 4.77. The standard InChI is InChI=1S/C23H25N3O13S2/c24-14-6-5-12-20-11(3-4-13(20)23(31)36-21(12)22(14)41(33,34)35)15(40-39-38-32)10-16(27)25-9-1-2-19(30)37-26-17(28)7-8-18(26)29/h5-6,11,15,32H,1-4,7-10,24H2,(H,25,27)(H,33,34,35). The van der Waals surface area contributed by atoms with Crippen LogP contribution in [0.2, 0.25) is 0 Å². The average molecular weight is 616 g/mol. The molecule has 3 amide bonds. The lowest BCUT2D eigenvalue weighted by Gasteiger charge is -2.23. The van der Waals surface area contributed by atoms with Crippen LogP contribution in [-0.4, -0.2) is 58.8 Å². The van der Waals surface area contributed by atoms with Crippen LogP contribution in [0.4, 0.5) is 5.69 Å². The topological polar surface area (TPSA) is 242 Å². The monoisotopic (exact) mass is 615 g/mol. The number of amides is 3. The molecule has 16 nitrogen and oxygen atoms in total. The van der Waals surface area contributed by atoms with E-state index in [0.717, 1.165) is 0 Å². The number of hydroxylamine groups is 2. The Kier molecular flexibility index (Phi) is 9.30. The molecule has 2 atom stereocenters. The molecule has 2 aliphatic rings. The van der Waals surface area contributed by atoms with Crippen LogP contribution in [0.3, 0.4) is 0 Å². The molecular formula is C23H25N3O13S2. The summed E-state index contributed by atoms with van der Waals surface area (Å²) in [6.45, 7) is 0.0370. The van der Waals surface area contributed by atoms with Gasteiger partial charge in [-0.2, -0.15) is 8.42 Å². The van der Waals surface area contributed by atoms with Gasteiger partial charge in [-0.05, 0) is 37.0 Å². The third kappa shape index (κ3) is 6.68. The maximum absolute atomic E-state index is 12.8. The highest BCUT2D eigenvalue weighted by atomic mass is 32.2. The normalized spacial score (nSPS) is 17.6. The van der Waals surface area contributed by atoms with E-state index in [9.17, 15) is 36.9 Å². The first kappa shape index (κ1) is 30.4. The number of nitrogens with one attached hydrogen (secondary N) is 1. The molecule has 222 valence electrons. The Labute approximate surface area is 235 Å². The summed E-state index contributed by atoms with van der Waals surface area (Å²) in [7, 11) is -4.87. The smallest absolute Gasteiger partial charge is 0.339 e. The minimum atomic E-state index is -4.87. The van der Waals surface area contributed by atoms with Gasteiger partial charge in [0.15, 0.2) is 10.5 Å². The fourth-order valence-corrected chi connectivity index (χ4v) is 6.41. The summed E-state index contributed by atoms with van der Waals surface area (Å²) in [5, 5.41) is 14.9. The predicted molar refractivity (Wildman–Crippen MR) is 138 cm³/mol. The minimum Gasteiger partial charge on any atom is -0.421 e. The number of imide groups is 1. The lowest BCUT2D eigenvalue weighted by molar-refractivity contribution is -0.432. The molecule has 41 heavy (non-hydrogen) atoms. The zero-order valence-corrected chi connectivity index (χ0v) is 22.8. The van der Waals surface area contributed by atoms with Gasteiger partial charge in [-0.25, -0.2) is 14.8 Å². The molecule has 0 radical (unpaired) electrons. The van der Waals surface area contributed by atoms with Gasteiger partial charge in [0.2, 0.25) is 5.91 Å². The van der Waals surface area contributed by atoms with Crippen molar-refractivity contribution in [2.75, 3.05) is 12.3 Å². The van der Waals surface area contributed by atoms with E-state index in [2.05, 4.69) is 14.7 Å². The molecule has 18 heteroatoms. The lowest BCUT2D eigenvalue weighted by Crippen LogP contribution is -2.33. The second-order valence-electron chi connectivity index (χ2n) is 9.24. The SMILES string of the molecule is Nc1ccc2c3c(c(=O)oc2c1S(=O)(=O)O)CCC3C(CC(=O)NCCCC(=O)ON1C(=O)CCC1=O)SOOO. The van der Waals surface area contributed by atoms with Crippen LogP contribution in [-0.2, 0) is 49.9 Å². The van der Waals surface area contributed by atoms with Crippen LogP contribution in [0, 0.1) is 0 Å². The van der Waals surface area contributed by atoms with Crippen LogP contribution in [0.5, 0.6) is 0 Å². The maximum Gasteiger partial charge on any atom is 0.339 e. The lowest BCUT2D eigenvalue weighted by atomic mass is 9.92. The molecule has 1 aromatic heterocycles. The molecule has 5 N–H and O–H groups in total. The van der Waals surface area contributed by atoms with Crippen molar-refractivity contribution in [1.82, 2.24) is 10.4 Å². The average Bonchev–Trinajstić information content (AvgIpc) is 3.48. The zero-order chi connectivity index (χ0) is 29.9. The number of carbonyl (C=O) groups is 4. The highest BCUT2D eigenvalue weighted by Crippen LogP contribution is 2.45. The summed E-state index contributed by atoms with van der Waals surface area (Å²) in [4.78, 5) is 64.5. The molecule has 1 fully saturated rings. The van der Waals surface area contributed by atoms with Crippen LogP contribution in [0.25, 0.3) is 11.0 Å². The highest BCUT2D eigenvalue weighted by molar-refractivity contribution is 7.95. The van der Waals surface area contributed by atoms with Gasteiger partial charge >= 0.3 is 11.6 Å². The fraction of sp³-hybridized carbons (Fsp3) is 0.435. The third-order valence-electron chi connectivity index (χ3n) is 6.64. The summed E-state index contributed by atoms with van der Waals surface area (Å²) < 4.78 is 43.5. The van der Waals surface area contributed by atoms with Gasteiger partial charge in [0.1, 0.15) is 0 Å². The van der Waals surface area contributed by atoms with E-state index < -0.39 is 61.1 Å². The summed E-state index contributed by atoms with van der Waals surface area (Å²) in [6.07, 6.45) is 0.210. The van der Waals surface area contributed by atoms with E-state index in [1.807, 2.05) is 0 Å². The van der Waals surface area contributed by atoms with Crippen molar-refractivity contribution >= 4 is 62.5 Å². The molecule has 4 rings (SSSR count). The van der Waals surface area contributed by atoms with Crippen molar-refractivity contribution in [2.24, 2.45) is 0 Å². The van der Waals surface area contributed by atoms with Crippen LogP contribution < -0.4 is 16.7 Å². The number of benzene rings is 1. The van der Waals surface area contributed by atoms with E-state index in [-0.39, 0.29) is 61.7 Å². The number of anilines is 1. The fourth-order valence-electron chi connectivity index (χ4n) is 4.89. The number of carbonyl (C=O) groups excluding carboxylic acids is 4. The van der Waals surface area contributed by atoms with E-state index in [1.54, 1.807) is 0 Å². The zero-order valence-electron chi connectivity index (χ0n) is 21.2. The van der Waals surface area contributed by atoms with Gasteiger partial charge in [-0.15, -0.1) is 9.40 Å². The molecule has 2 heterocycles.